The Morgan fingerprint density at radius 1 is 1.24 bits per heavy atom. The molecule has 1 saturated carbocycles. The highest BCUT2D eigenvalue weighted by Crippen LogP contribution is 2.47. The molecule has 1 fully saturated rings. The Kier molecular flexibility index (Phi) is 3.95. The van der Waals surface area contributed by atoms with Crippen molar-refractivity contribution in [1.29, 1.82) is 0 Å². The number of rotatable bonds is 4. The van der Waals surface area contributed by atoms with Gasteiger partial charge in [0.05, 0.1) is 0 Å². The van der Waals surface area contributed by atoms with Gasteiger partial charge in [0.25, 0.3) is 0 Å². The highest BCUT2D eigenvalue weighted by atomic mass is 16.6. The van der Waals surface area contributed by atoms with Gasteiger partial charge in [-0.3, -0.25) is 14.4 Å². The molecule has 1 N–H and O–H groups in total. The summed E-state index contributed by atoms with van der Waals surface area (Å²) in [7, 11) is 0. The molecule has 0 aliphatic heterocycles. The summed E-state index contributed by atoms with van der Waals surface area (Å²) in [5.41, 5.74) is -1.61. The third kappa shape index (κ3) is 3.17. The molecule has 5 nitrogen and oxygen atoms in total. The van der Waals surface area contributed by atoms with Crippen LogP contribution in [-0.2, 0) is 19.1 Å². The first-order chi connectivity index (χ1) is 9.65. The van der Waals surface area contributed by atoms with Gasteiger partial charge in [-0.2, -0.15) is 0 Å². The van der Waals surface area contributed by atoms with E-state index in [-0.39, 0.29) is 0 Å². The molecule has 0 aromatic carbocycles. The molecule has 0 spiro atoms. The maximum Gasteiger partial charge on any atom is 0.328 e. The molecule has 3 rings (SSSR count). The number of hydrogen-bond donors (Lipinski definition) is 1. The zero-order valence-electron chi connectivity index (χ0n) is 12.7. The van der Waals surface area contributed by atoms with Crippen LogP contribution in [0.1, 0.15) is 46.5 Å². The lowest BCUT2D eigenvalue weighted by Gasteiger charge is -2.41. The lowest BCUT2D eigenvalue weighted by molar-refractivity contribution is -0.170. The Labute approximate surface area is 124 Å². The molecule has 1 unspecified atom stereocenters. The average Bonchev–Trinajstić information content (AvgIpc) is 2.38. The van der Waals surface area contributed by atoms with E-state index in [1.807, 2.05) is 12.2 Å². The summed E-state index contributed by atoms with van der Waals surface area (Å²) < 4.78 is 5.11. The molecule has 21 heavy (non-hydrogen) atoms. The number of carboxylic acid groups (broad SMARTS) is 1. The second-order valence-electron chi connectivity index (χ2n) is 7.02. The zero-order valence-corrected chi connectivity index (χ0v) is 12.7. The molecule has 3 aliphatic carbocycles. The molecule has 0 saturated heterocycles. The average molecular weight is 294 g/mol. The molecule has 3 aliphatic rings. The second-order valence-corrected chi connectivity index (χ2v) is 7.02. The summed E-state index contributed by atoms with van der Waals surface area (Å²) in [5, 5.41) is 9.32. The van der Waals surface area contributed by atoms with Gasteiger partial charge in [-0.1, -0.05) is 12.2 Å². The predicted molar refractivity (Wildman–Crippen MR) is 75.5 cm³/mol. The highest BCUT2D eigenvalue weighted by molar-refractivity contribution is 6.16. The first kappa shape index (κ1) is 15.7. The van der Waals surface area contributed by atoms with Crippen LogP contribution < -0.4 is 0 Å². The third-order valence-corrected chi connectivity index (χ3v) is 4.25. The zero-order chi connectivity index (χ0) is 15.8. The summed E-state index contributed by atoms with van der Waals surface area (Å²) in [5.74, 6) is -4.16. The Hall–Kier alpha value is -1.65. The van der Waals surface area contributed by atoms with Gasteiger partial charge in [0, 0.05) is 5.41 Å². The number of carbonyl (C=O) groups excluding carboxylic acids is 2. The number of ketones is 1. The largest absolute Gasteiger partial charge is 0.480 e. The molecule has 0 radical (unpaired) electrons. The fraction of sp³-hybridized carbons (Fsp3) is 0.688. The molecular formula is C16H22O5. The fourth-order valence-corrected chi connectivity index (χ4v) is 3.13. The highest BCUT2D eigenvalue weighted by Gasteiger charge is 2.50. The van der Waals surface area contributed by atoms with Crippen molar-refractivity contribution in [2.24, 2.45) is 17.3 Å². The second kappa shape index (κ2) is 5.28. The van der Waals surface area contributed by atoms with E-state index in [9.17, 15) is 19.5 Å². The number of fused-ring (bicyclic) bond motifs is 2. The SMILES string of the molecule is CC(C)(C)OC(=O)C(C(=O)O)C(=O)C12C=CC(CC1)CC2. The van der Waals surface area contributed by atoms with Crippen molar-refractivity contribution in [3.05, 3.63) is 12.2 Å². The first-order valence-electron chi connectivity index (χ1n) is 7.34. The van der Waals surface area contributed by atoms with Gasteiger partial charge >= 0.3 is 11.9 Å². The van der Waals surface area contributed by atoms with Crippen molar-refractivity contribution in [1.82, 2.24) is 0 Å². The van der Waals surface area contributed by atoms with E-state index in [1.54, 1.807) is 20.8 Å². The summed E-state index contributed by atoms with van der Waals surface area (Å²) in [6, 6.07) is 0. The van der Waals surface area contributed by atoms with Crippen molar-refractivity contribution in [3.8, 4) is 0 Å². The molecule has 0 aromatic heterocycles. The van der Waals surface area contributed by atoms with Crippen LogP contribution in [0.25, 0.3) is 0 Å². The van der Waals surface area contributed by atoms with Crippen LogP contribution in [0.3, 0.4) is 0 Å². The molecule has 5 heteroatoms. The van der Waals surface area contributed by atoms with Gasteiger partial charge in [0.2, 0.25) is 5.92 Å². The predicted octanol–water partition coefficient (Wildman–Crippen LogP) is 2.34. The van der Waals surface area contributed by atoms with Crippen LogP contribution in [-0.4, -0.2) is 28.4 Å². The molecular weight excluding hydrogens is 272 g/mol. The summed E-state index contributed by atoms with van der Waals surface area (Å²) in [6.45, 7) is 4.95. The maximum absolute atomic E-state index is 12.7. The van der Waals surface area contributed by atoms with E-state index in [0.29, 0.717) is 18.8 Å². The molecule has 0 aromatic rings. The fourth-order valence-electron chi connectivity index (χ4n) is 3.13. The van der Waals surface area contributed by atoms with Crippen LogP contribution in [0.2, 0.25) is 0 Å². The smallest absolute Gasteiger partial charge is 0.328 e. The minimum atomic E-state index is -1.73. The van der Waals surface area contributed by atoms with Gasteiger partial charge in [-0.15, -0.1) is 0 Å². The van der Waals surface area contributed by atoms with Gasteiger partial charge in [-0.05, 0) is 52.4 Å². The van der Waals surface area contributed by atoms with Gasteiger partial charge < -0.3 is 9.84 Å². The number of esters is 1. The molecule has 116 valence electrons. The Balaban J connectivity index is 2.24. The lowest BCUT2D eigenvalue weighted by atomic mass is 9.61. The minimum Gasteiger partial charge on any atom is -0.480 e. The van der Waals surface area contributed by atoms with Gasteiger partial charge in [0.15, 0.2) is 5.78 Å². The Bertz CT molecular complexity index is 489. The number of aliphatic carboxylic acids is 1. The maximum atomic E-state index is 12.7. The first-order valence-corrected chi connectivity index (χ1v) is 7.34. The molecule has 0 heterocycles. The summed E-state index contributed by atoms with van der Waals surface area (Å²) in [6.07, 6.45) is 6.80. The number of allylic oxidation sites excluding steroid dienone is 2. The lowest BCUT2D eigenvalue weighted by Crippen LogP contribution is -2.47. The number of hydrogen-bond acceptors (Lipinski definition) is 4. The van der Waals surface area contributed by atoms with Crippen LogP contribution in [0.5, 0.6) is 0 Å². The van der Waals surface area contributed by atoms with E-state index in [0.717, 1.165) is 12.8 Å². The monoisotopic (exact) mass is 294 g/mol. The molecule has 2 bridgehead atoms. The van der Waals surface area contributed by atoms with Crippen molar-refractivity contribution >= 4 is 17.7 Å². The number of ether oxygens (including phenoxy) is 1. The van der Waals surface area contributed by atoms with Crippen LogP contribution in [0, 0.1) is 17.3 Å². The summed E-state index contributed by atoms with van der Waals surface area (Å²) >= 11 is 0. The van der Waals surface area contributed by atoms with Crippen molar-refractivity contribution in [2.45, 2.75) is 52.1 Å². The van der Waals surface area contributed by atoms with Crippen LogP contribution in [0.15, 0.2) is 12.2 Å². The number of carbonyl (C=O) groups is 3. The topological polar surface area (TPSA) is 80.7 Å². The van der Waals surface area contributed by atoms with E-state index >= 15 is 0 Å². The number of Topliss-reactive ketones (excluding diaryl/α,β-unsaturated/α-hetero) is 1. The van der Waals surface area contributed by atoms with E-state index in [1.165, 1.54) is 0 Å². The molecule has 1 atom stereocenters. The van der Waals surface area contributed by atoms with Crippen molar-refractivity contribution in [3.63, 3.8) is 0 Å². The normalized spacial score (nSPS) is 29.0. The standard InChI is InChI=1S/C16H22O5/c1-15(2,3)21-14(20)11(13(18)19)12(17)16-7-4-10(5-8-16)6-9-16/h4,7,10-11H,5-6,8-9H2,1-3H3,(H,18,19). The van der Waals surface area contributed by atoms with Crippen LogP contribution in [0.4, 0.5) is 0 Å². The molecule has 0 amide bonds. The Morgan fingerprint density at radius 3 is 2.19 bits per heavy atom. The van der Waals surface area contributed by atoms with Crippen LogP contribution >= 0.6 is 0 Å². The van der Waals surface area contributed by atoms with E-state index < -0.39 is 34.7 Å². The van der Waals surface area contributed by atoms with E-state index in [4.69, 9.17) is 4.74 Å². The van der Waals surface area contributed by atoms with Gasteiger partial charge in [0.1, 0.15) is 5.60 Å². The Morgan fingerprint density at radius 2 is 1.81 bits per heavy atom. The van der Waals surface area contributed by atoms with Gasteiger partial charge in [-0.25, -0.2) is 0 Å². The third-order valence-electron chi connectivity index (χ3n) is 4.25. The minimum absolute atomic E-state index is 0.490. The number of carboxylic acids is 1. The summed E-state index contributed by atoms with van der Waals surface area (Å²) in [4.78, 5) is 36.3. The quantitative estimate of drug-likeness (QED) is 0.489. The van der Waals surface area contributed by atoms with E-state index in [2.05, 4.69) is 0 Å². The van der Waals surface area contributed by atoms with Crippen molar-refractivity contribution in [2.75, 3.05) is 0 Å². The van der Waals surface area contributed by atoms with Crippen molar-refractivity contribution < 1.29 is 24.2 Å².